The number of benzene rings is 1. The van der Waals surface area contributed by atoms with Crippen molar-refractivity contribution in [1.82, 2.24) is 20.0 Å². The maximum absolute atomic E-state index is 12.5. The summed E-state index contributed by atoms with van der Waals surface area (Å²) in [7, 11) is 2.19. The molecule has 8 heteroatoms. The van der Waals surface area contributed by atoms with Crippen LogP contribution in [0, 0.1) is 0 Å². The number of nitrogens with zero attached hydrogens (tertiary/aromatic N) is 3. The largest absolute Gasteiger partial charge is 0.468 e. The molecule has 27 heavy (non-hydrogen) atoms. The molecule has 6 nitrogen and oxygen atoms in total. The first-order valence-corrected chi connectivity index (χ1v) is 9.90. The fourth-order valence-corrected chi connectivity index (χ4v) is 4.60. The van der Waals surface area contributed by atoms with Gasteiger partial charge in [-0.3, -0.25) is 4.79 Å². The quantitative estimate of drug-likeness (QED) is 0.820. The van der Waals surface area contributed by atoms with E-state index < -0.39 is 0 Å². The molecule has 0 spiro atoms. The summed E-state index contributed by atoms with van der Waals surface area (Å²) in [5, 5.41) is 8.31. The minimum Gasteiger partial charge on any atom is -0.468 e. The summed E-state index contributed by atoms with van der Waals surface area (Å²) >= 11 is 12.2. The molecule has 0 radical (unpaired) electrons. The molecule has 3 heterocycles. The number of rotatable bonds is 5. The number of fused-ring (bicyclic) bond motifs is 2. The van der Waals surface area contributed by atoms with Crippen LogP contribution in [-0.4, -0.2) is 45.8 Å². The minimum absolute atomic E-state index is 0.120. The first-order valence-electron chi connectivity index (χ1n) is 9.14. The number of hydrogen-bond acceptors (Lipinski definition) is 4. The molecule has 2 unspecified atom stereocenters. The van der Waals surface area contributed by atoms with E-state index in [1.165, 1.54) is 12.8 Å². The second kappa shape index (κ2) is 7.70. The summed E-state index contributed by atoms with van der Waals surface area (Å²) in [4.78, 5) is 15.0. The molecule has 0 saturated carbocycles. The van der Waals surface area contributed by atoms with Gasteiger partial charge >= 0.3 is 0 Å². The highest BCUT2D eigenvalue weighted by molar-refractivity contribution is 6.37. The van der Waals surface area contributed by atoms with Crippen LogP contribution in [0.5, 0.6) is 5.75 Å². The molecule has 0 aliphatic carbocycles. The molecule has 2 aliphatic heterocycles. The normalized spacial score (nSPS) is 24.8. The predicted octanol–water partition coefficient (Wildman–Crippen LogP) is 3.58. The van der Waals surface area contributed by atoms with Gasteiger partial charge in [0.05, 0.1) is 10.0 Å². The summed E-state index contributed by atoms with van der Waals surface area (Å²) in [5.41, 5.74) is 0.384. The molecule has 2 atom stereocenters. The Bertz CT molecular complexity index is 807. The Kier molecular flexibility index (Phi) is 5.30. The lowest BCUT2D eigenvalue weighted by atomic mass is 9.98. The van der Waals surface area contributed by atoms with Crippen LogP contribution >= 0.6 is 23.2 Å². The van der Waals surface area contributed by atoms with E-state index in [4.69, 9.17) is 27.9 Å². The van der Waals surface area contributed by atoms with Crippen molar-refractivity contribution < 1.29 is 9.53 Å². The number of carbonyl (C=O) groups excluding carboxylic acids is 1. The molecule has 2 fully saturated rings. The van der Waals surface area contributed by atoms with E-state index in [1.807, 2.05) is 0 Å². The van der Waals surface area contributed by atoms with Crippen LogP contribution in [0.4, 0.5) is 0 Å². The molecule has 1 N–H and O–H groups in total. The van der Waals surface area contributed by atoms with Crippen LogP contribution in [0.15, 0.2) is 30.5 Å². The number of aromatic nitrogens is 2. The SMILES string of the molecule is CN1C2CCC1CC(NC(=O)c1ccn(COc3c(Cl)cccc3Cl)n1)C2. The third kappa shape index (κ3) is 3.93. The fraction of sp³-hybridized carbons (Fsp3) is 0.474. The van der Waals surface area contributed by atoms with E-state index in [-0.39, 0.29) is 18.7 Å². The van der Waals surface area contributed by atoms with Gasteiger partial charge in [0.1, 0.15) is 5.69 Å². The highest BCUT2D eigenvalue weighted by atomic mass is 35.5. The van der Waals surface area contributed by atoms with Crippen molar-refractivity contribution >= 4 is 29.1 Å². The molecule has 2 bridgehead atoms. The summed E-state index contributed by atoms with van der Waals surface area (Å²) in [6.07, 6.45) is 6.17. The average molecular weight is 409 g/mol. The Morgan fingerprint density at radius 1 is 1.22 bits per heavy atom. The number of hydrogen-bond donors (Lipinski definition) is 1. The maximum Gasteiger partial charge on any atom is 0.271 e. The number of halogens is 2. The summed E-state index contributed by atoms with van der Waals surface area (Å²) in [5.74, 6) is 0.266. The minimum atomic E-state index is -0.140. The van der Waals surface area contributed by atoms with Gasteiger partial charge in [0.25, 0.3) is 5.91 Å². The fourth-order valence-electron chi connectivity index (χ4n) is 4.09. The number of carbonyl (C=O) groups is 1. The van der Waals surface area contributed by atoms with Crippen molar-refractivity contribution in [3.05, 3.63) is 46.2 Å². The third-order valence-electron chi connectivity index (χ3n) is 5.57. The lowest BCUT2D eigenvalue weighted by Crippen LogP contribution is -2.48. The van der Waals surface area contributed by atoms with Crippen LogP contribution in [0.25, 0.3) is 0 Å². The van der Waals surface area contributed by atoms with Gasteiger partial charge in [-0.05, 0) is 50.9 Å². The standard InChI is InChI=1S/C19H22Cl2N4O2/c1-24-13-5-6-14(24)10-12(9-13)22-19(26)17-7-8-25(23-17)11-27-18-15(20)3-2-4-16(18)21/h2-4,7-8,12-14H,5-6,9-11H2,1H3,(H,22,26). The molecular formula is C19H22Cl2N4O2. The van der Waals surface area contributed by atoms with Crippen molar-refractivity contribution in [3.63, 3.8) is 0 Å². The van der Waals surface area contributed by atoms with Gasteiger partial charge in [0.15, 0.2) is 12.5 Å². The topological polar surface area (TPSA) is 59.4 Å². The monoisotopic (exact) mass is 408 g/mol. The van der Waals surface area contributed by atoms with E-state index in [9.17, 15) is 4.79 Å². The smallest absolute Gasteiger partial charge is 0.271 e. The molecule has 2 aromatic rings. The summed E-state index contributed by atoms with van der Waals surface area (Å²) in [6, 6.07) is 8.24. The average Bonchev–Trinajstić information content (AvgIpc) is 3.17. The Balaban J connectivity index is 1.34. The number of ether oxygens (including phenoxy) is 1. The van der Waals surface area contributed by atoms with Crippen LogP contribution in [0.1, 0.15) is 36.2 Å². The van der Waals surface area contributed by atoms with E-state index >= 15 is 0 Å². The second-order valence-electron chi connectivity index (χ2n) is 7.26. The van der Waals surface area contributed by atoms with Crippen LogP contribution in [-0.2, 0) is 6.73 Å². The van der Waals surface area contributed by atoms with Gasteiger partial charge in [-0.2, -0.15) is 5.10 Å². The van der Waals surface area contributed by atoms with E-state index in [0.717, 1.165) is 12.8 Å². The molecule has 1 aromatic carbocycles. The van der Waals surface area contributed by atoms with E-state index in [1.54, 1.807) is 35.1 Å². The van der Waals surface area contributed by atoms with E-state index in [2.05, 4.69) is 22.4 Å². The lowest BCUT2D eigenvalue weighted by Gasteiger charge is -2.36. The van der Waals surface area contributed by atoms with Gasteiger partial charge in [-0.15, -0.1) is 0 Å². The Morgan fingerprint density at radius 3 is 2.56 bits per heavy atom. The molecule has 2 aliphatic rings. The van der Waals surface area contributed by atoms with Crippen molar-refractivity contribution in [3.8, 4) is 5.75 Å². The van der Waals surface area contributed by atoms with Gasteiger partial charge in [-0.1, -0.05) is 29.3 Å². The maximum atomic E-state index is 12.5. The first kappa shape index (κ1) is 18.6. The van der Waals surface area contributed by atoms with Gasteiger partial charge < -0.3 is 15.0 Å². The Labute approximate surface area is 168 Å². The molecule has 1 aromatic heterocycles. The zero-order chi connectivity index (χ0) is 19.0. The van der Waals surface area contributed by atoms with Crippen LogP contribution in [0.3, 0.4) is 0 Å². The van der Waals surface area contributed by atoms with Crippen LogP contribution < -0.4 is 10.1 Å². The third-order valence-corrected chi connectivity index (χ3v) is 6.16. The van der Waals surface area contributed by atoms with Crippen molar-refractivity contribution in [2.75, 3.05) is 7.05 Å². The molecule has 1 amide bonds. The predicted molar refractivity (Wildman–Crippen MR) is 104 cm³/mol. The number of amides is 1. The number of nitrogens with one attached hydrogen (secondary N) is 1. The summed E-state index contributed by atoms with van der Waals surface area (Å²) < 4.78 is 7.19. The lowest BCUT2D eigenvalue weighted by molar-refractivity contribution is 0.0875. The molecule has 2 saturated heterocycles. The second-order valence-corrected chi connectivity index (χ2v) is 8.07. The zero-order valence-electron chi connectivity index (χ0n) is 15.1. The van der Waals surface area contributed by atoms with Crippen LogP contribution in [0.2, 0.25) is 10.0 Å². The summed E-state index contributed by atoms with van der Waals surface area (Å²) in [6.45, 7) is 0.120. The van der Waals surface area contributed by atoms with Gasteiger partial charge in [0.2, 0.25) is 0 Å². The number of para-hydroxylation sites is 1. The molecular weight excluding hydrogens is 387 g/mol. The van der Waals surface area contributed by atoms with Crippen molar-refractivity contribution in [1.29, 1.82) is 0 Å². The number of piperidine rings is 1. The van der Waals surface area contributed by atoms with Crippen molar-refractivity contribution in [2.45, 2.75) is 50.5 Å². The molecule has 144 valence electrons. The van der Waals surface area contributed by atoms with E-state index in [0.29, 0.717) is 33.6 Å². The Morgan fingerprint density at radius 2 is 1.89 bits per heavy atom. The van der Waals surface area contributed by atoms with Gasteiger partial charge in [-0.25, -0.2) is 4.68 Å². The first-order chi connectivity index (χ1) is 13.0. The van der Waals surface area contributed by atoms with Crippen molar-refractivity contribution in [2.24, 2.45) is 0 Å². The highest BCUT2D eigenvalue weighted by Crippen LogP contribution is 2.34. The zero-order valence-corrected chi connectivity index (χ0v) is 16.6. The Hall–Kier alpha value is -1.76. The molecule has 4 rings (SSSR count). The highest BCUT2D eigenvalue weighted by Gasteiger charge is 2.38. The van der Waals surface area contributed by atoms with Gasteiger partial charge in [0, 0.05) is 24.3 Å².